The Morgan fingerprint density at radius 1 is 1.00 bits per heavy atom. The Morgan fingerprint density at radius 3 is 2.40 bits per heavy atom. The van der Waals surface area contributed by atoms with E-state index in [1.165, 1.54) is 10.6 Å². The average molecular weight is 350 g/mol. The minimum Gasteiger partial charge on any atom is -0.368 e. The molecular formula is C15H16BrN3S. The predicted molar refractivity (Wildman–Crippen MR) is 89.8 cm³/mol. The minimum absolute atomic E-state index is 0.970. The normalized spacial score (nSPS) is 16.1. The number of piperazine rings is 1. The number of anilines is 1. The molecule has 1 aliphatic heterocycles. The van der Waals surface area contributed by atoms with Gasteiger partial charge in [-0.05, 0) is 40.2 Å². The van der Waals surface area contributed by atoms with Gasteiger partial charge < -0.3 is 4.90 Å². The lowest BCUT2D eigenvalue weighted by atomic mass is 10.2. The molecule has 2 heterocycles. The van der Waals surface area contributed by atoms with Crippen molar-refractivity contribution >= 4 is 39.2 Å². The van der Waals surface area contributed by atoms with Crippen LogP contribution in [-0.2, 0) is 0 Å². The van der Waals surface area contributed by atoms with Crippen molar-refractivity contribution in [2.24, 2.45) is 5.10 Å². The number of hydrogen-bond donors (Lipinski definition) is 0. The summed E-state index contributed by atoms with van der Waals surface area (Å²) in [7, 11) is 0. The maximum atomic E-state index is 4.57. The summed E-state index contributed by atoms with van der Waals surface area (Å²) in [5, 5.41) is 6.71. The summed E-state index contributed by atoms with van der Waals surface area (Å²) in [6.07, 6.45) is 1.95. The summed E-state index contributed by atoms with van der Waals surface area (Å²) in [5.41, 5.74) is 1.30. The van der Waals surface area contributed by atoms with Crippen molar-refractivity contribution in [1.29, 1.82) is 0 Å². The second-order valence-corrected chi connectivity index (χ2v) is 7.16. The lowest BCUT2D eigenvalue weighted by Crippen LogP contribution is -2.44. The van der Waals surface area contributed by atoms with Crippen LogP contribution in [0.4, 0.5) is 5.69 Å². The summed E-state index contributed by atoms with van der Waals surface area (Å²) in [6, 6.07) is 14.7. The van der Waals surface area contributed by atoms with Crippen molar-refractivity contribution in [2.75, 3.05) is 31.1 Å². The van der Waals surface area contributed by atoms with Gasteiger partial charge in [0.05, 0.1) is 23.1 Å². The molecule has 1 aliphatic rings. The highest BCUT2D eigenvalue weighted by molar-refractivity contribution is 9.11. The molecule has 104 valence electrons. The molecule has 0 bridgehead atoms. The molecule has 20 heavy (non-hydrogen) atoms. The first-order valence-corrected chi connectivity index (χ1v) is 8.26. The van der Waals surface area contributed by atoms with Crippen LogP contribution in [0.5, 0.6) is 0 Å². The van der Waals surface area contributed by atoms with Crippen LogP contribution in [-0.4, -0.2) is 37.4 Å². The first-order valence-electron chi connectivity index (χ1n) is 6.65. The Balaban J connectivity index is 1.55. The first-order chi connectivity index (χ1) is 9.81. The van der Waals surface area contributed by atoms with E-state index < -0.39 is 0 Å². The van der Waals surface area contributed by atoms with Gasteiger partial charge in [-0.15, -0.1) is 11.3 Å². The molecule has 3 rings (SSSR count). The Bertz CT molecular complexity index is 574. The fourth-order valence-electron chi connectivity index (χ4n) is 2.24. The second-order valence-electron chi connectivity index (χ2n) is 4.66. The third-order valence-corrected chi connectivity index (χ3v) is 4.88. The highest BCUT2D eigenvalue weighted by atomic mass is 79.9. The molecule has 0 atom stereocenters. The predicted octanol–water partition coefficient (Wildman–Crippen LogP) is 3.67. The highest BCUT2D eigenvalue weighted by Gasteiger charge is 2.15. The zero-order valence-corrected chi connectivity index (χ0v) is 13.5. The maximum Gasteiger partial charge on any atom is 0.0705 e. The van der Waals surface area contributed by atoms with Crippen molar-refractivity contribution in [3.8, 4) is 0 Å². The van der Waals surface area contributed by atoms with Crippen molar-refractivity contribution in [3.63, 3.8) is 0 Å². The Kier molecular flexibility index (Phi) is 4.38. The molecule has 2 aromatic rings. The molecule has 0 unspecified atom stereocenters. The minimum atomic E-state index is 0.970. The Morgan fingerprint density at radius 2 is 1.75 bits per heavy atom. The first kappa shape index (κ1) is 13.6. The van der Waals surface area contributed by atoms with Crippen LogP contribution in [0, 0.1) is 0 Å². The number of benzene rings is 1. The number of nitrogens with zero attached hydrogens (tertiary/aromatic N) is 3. The van der Waals surface area contributed by atoms with Gasteiger partial charge in [-0.1, -0.05) is 18.2 Å². The van der Waals surface area contributed by atoms with Crippen LogP contribution in [0.25, 0.3) is 0 Å². The van der Waals surface area contributed by atoms with E-state index in [-0.39, 0.29) is 0 Å². The quantitative estimate of drug-likeness (QED) is 0.787. The number of thiophene rings is 1. The van der Waals surface area contributed by atoms with Gasteiger partial charge in [-0.25, -0.2) is 0 Å². The molecule has 5 heteroatoms. The number of rotatable bonds is 3. The molecule has 1 aromatic heterocycles. The van der Waals surface area contributed by atoms with E-state index >= 15 is 0 Å². The Hall–Kier alpha value is -1.33. The van der Waals surface area contributed by atoms with E-state index in [4.69, 9.17) is 0 Å². The van der Waals surface area contributed by atoms with Crippen LogP contribution in [0.1, 0.15) is 4.88 Å². The fourth-order valence-corrected chi connectivity index (χ4v) is 3.53. The van der Waals surface area contributed by atoms with Gasteiger partial charge in [-0.2, -0.15) is 5.10 Å². The van der Waals surface area contributed by atoms with E-state index in [9.17, 15) is 0 Å². The maximum absolute atomic E-state index is 4.57. The van der Waals surface area contributed by atoms with Crippen LogP contribution < -0.4 is 4.90 Å². The number of hydrogen-bond acceptors (Lipinski definition) is 4. The molecule has 3 nitrogen and oxygen atoms in total. The van der Waals surface area contributed by atoms with Gasteiger partial charge in [0, 0.05) is 23.7 Å². The van der Waals surface area contributed by atoms with Crippen LogP contribution in [0.3, 0.4) is 0 Å². The molecule has 0 saturated carbocycles. The summed E-state index contributed by atoms with van der Waals surface area (Å²) >= 11 is 5.17. The smallest absolute Gasteiger partial charge is 0.0705 e. The second kappa shape index (κ2) is 6.41. The van der Waals surface area contributed by atoms with Crippen LogP contribution in [0.15, 0.2) is 51.4 Å². The third kappa shape index (κ3) is 3.41. The van der Waals surface area contributed by atoms with Crippen molar-refractivity contribution < 1.29 is 0 Å². The summed E-state index contributed by atoms with van der Waals surface area (Å²) in [4.78, 5) is 3.59. The lowest BCUT2D eigenvalue weighted by Gasteiger charge is -2.34. The van der Waals surface area contributed by atoms with Gasteiger partial charge in [0.25, 0.3) is 0 Å². The molecule has 0 aliphatic carbocycles. The molecule has 1 aromatic carbocycles. The lowest BCUT2D eigenvalue weighted by molar-refractivity contribution is 0.272. The summed E-state index contributed by atoms with van der Waals surface area (Å²) < 4.78 is 1.15. The van der Waals surface area contributed by atoms with Crippen LogP contribution in [0.2, 0.25) is 0 Å². The van der Waals surface area contributed by atoms with Gasteiger partial charge in [0.15, 0.2) is 0 Å². The number of halogens is 1. The summed E-state index contributed by atoms with van der Waals surface area (Å²) in [6.45, 7) is 3.99. The molecule has 0 amide bonds. The topological polar surface area (TPSA) is 18.8 Å². The van der Waals surface area contributed by atoms with E-state index in [2.05, 4.69) is 73.4 Å². The average Bonchev–Trinajstić information content (AvgIpc) is 2.92. The molecule has 1 fully saturated rings. The van der Waals surface area contributed by atoms with E-state index in [0.29, 0.717) is 0 Å². The van der Waals surface area contributed by atoms with Gasteiger partial charge in [0.1, 0.15) is 0 Å². The molecule has 0 spiro atoms. The molecular weight excluding hydrogens is 334 g/mol. The zero-order valence-electron chi connectivity index (χ0n) is 11.1. The van der Waals surface area contributed by atoms with Gasteiger partial charge in [0.2, 0.25) is 0 Å². The van der Waals surface area contributed by atoms with E-state index in [0.717, 1.165) is 30.0 Å². The third-order valence-electron chi connectivity index (χ3n) is 3.32. The SMILES string of the molecule is Brc1ccc(C=NN2CCN(c3ccccc3)CC2)s1. The van der Waals surface area contributed by atoms with E-state index in [1.54, 1.807) is 11.3 Å². The van der Waals surface area contributed by atoms with Crippen molar-refractivity contribution in [1.82, 2.24) is 5.01 Å². The largest absolute Gasteiger partial charge is 0.368 e. The molecule has 0 radical (unpaired) electrons. The zero-order chi connectivity index (χ0) is 13.8. The monoisotopic (exact) mass is 349 g/mol. The van der Waals surface area contributed by atoms with Crippen LogP contribution >= 0.6 is 27.3 Å². The molecule has 1 saturated heterocycles. The summed E-state index contributed by atoms with van der Waals surface area (Å²) in [5.74, 6) is 0. The van der Waals surface area contributed by atoms with Crippen molar-refractivity contribution in [3.05, 3.63) is 51.1 Å². The number of hydrazone groups is 1. The van der Waals surface area contributed by atoms with Gasteiger partial charge >= 0.3 is 0 Å². The molecule has 0 N–H and O–H groups in total. The standard InChI is InChI=1S/C15H16BrN3S/c16-15-7-6-14(20-15)12-17-19-10-8-18(9-11-19)13-4-2-1-3-5-13/h1-7,12H,8-11H2. The van der Waals surface area contributed by atoms with Crippen molar-refractivity contribution in [2.45, 2.75) is 0 Å². The van der Waals surface area contributed by atoms with E-state index in [1.807, 2.05) is 6.21 Å². The fraction of sp³-hybridized carbons (Fsp3) is 0.267. The highest BCUT2D eigenvalue weighted by Crippen LogP contribution is 2.21. The number of para-hydroxylation sites is 1. The van der Waals surface area contributed by atoms with Gasteiger partial charge in [-0.3, -0.25) is 5.01 Å². The Labute approximate surface area is 131 Å².